The molecule has 20 heavy (non-hydrogen) atoms. The number of nitrogens with one attached hydrogen (secondary N) is 1. The highest BCUT2D eigenvalue weighted by Gasteiger charge is 2.32. The number of carbonyl (C=O) groups is 1. The largest absolute Gasteiger partial charge is 0.459 e. The maximum Gasteiger partial charge on any atom is 0.315 e. The van der Waals surface area contributed by atoms with Gasteiger partial charge >= 0.3 is 5.97 Å². The molecule has 3 nitrogen and oxygen atoms in total. The highest BCUT2D eigenvalue weighted by molar-refractivity contribution is 6.35. The molecule has 1 aliphatic heterocycles. The number of ether oxygens (including phenoxy) is 1. The monoisotopic (exact) mass is 313 g/mol. The van der Waals surface area contributed by atoms with Crippen LogP contribution in [0.25, 0.3) is 5.57 Å². The second kappa shape index (κ2) is 5.66. The molecule has 1 heterocycles. The molecule has 1 atom stereocenters. The normalized spacial score (nSPS) is 18.4. The summed E-state index contributed by atoms with van der Waals surface area (Å²) in [5.41, 5.74) is 1.13. The van der Waals surface area contributed by atoms with Crippen LogP contribution in [0.5, 0.6) is 0 Å². The van der Waals surface area contributed by atoms with Crippen LogP contribution >= 0.6 is 23.2 Å². The Hall–Kier alpha value is -1.19. The number of carbonyl (C=O) groups excluding carboxylic acids is 1. The van der Waals surface area contributed by atoms with Crippen molar-refractivity contribution in [1.82, 2.24) is 5.32 Å². The number of rotatable bonds is 2. The van der Waals surface area contributed by atoms with Gasteiger partial charge in [0.05, 0.1) is 0 Å². The molecule has 0 radical (unpaired) electrons. The van der Waals surface area contributed by atoms with Crippen molar-refractivity contribution in [3.05, 3.63) is 40.0 Å². The van der Waals surface area contributed by atoms with Crippen LogP contribution in [-0.2, 0) is 9.53 Å². The van der Waals surface area contributed by atoms with Gasteiger partial charge in [0, 0.05) is 22.8 Å². The Morgan fingerprint density at radius 3 is 2.65 bits per heavy atom. The predicted octanol–water partition coefficient (Wildman–Crippen LogP) is 3.90. The van der Waals surface area contributed by atoms with Crippen LogP contribution in [0.15, 0.2) is 24.4 Å². The van der Waals surface area contributed by atoms with Gasteiger partial charge in [-0.05, 0) is 44.0 Å². The maximum atomic E-state index is 12.3. The fourth-order valence-electron chi connectivity index (χ4n) is 2.07. The van der Waals surface area contributed by atoms with Crippen LogP contribution in [0.3, 0.4) is 0 Å². The van der Waals surface area contributed by atoms with E-state index in [9.17, 15) is 4.79 Å². The molecule has 0 spiro atoms. The Morgan fingerprint density at radius 2 is 2.05 bits per heavy atom. The quantitative estimate of drug-likeness (QED) is 0.842. The summed E-state index contributed by atoms with van der Waals surface area (Å²) in [5, 5.41) is 4.17. The molecule has 0 saturated heterocycles. The van der Waals surface area contributed by atoms with E-state index >= 15 is 0 Å². The first-order valence-electron chi connectivity index (χ1n) is 6.39. The molecule has 0 bridgehead atoms. The average Bonchev–Trinajstić information content (AvgIpc) is 2.75. The first-order chi connectivity index (χ1) is 9.28. The van der Waals surface area contributed by atoms with Crippen molar-refractivity contribution >= 4 is 34.7 Å². The summed E-state index contributed by atoms with van der Waals surface area (Å²) in [6.07, 6.45) is 1.81. The lowest BCUT2D eigenvalue weighted by molar-refractivity contribution is -0.157. The molecule has 0 amide bonds. The van der Waals surface area contributed by atoms with E-state index in [-0.39, 0.29) is 11.9 Å². The molecule has 1 unspecified atom stereocenters. The second-order valence-corrected chi connectivity index (χ2v) is 6.56. The maximum absolute atomic E-state index is 12.3. The Bertz CT molecular complexity index is 561. The summed E-state index contributed by atoms with van der Waals surface area (Å²) in [5.74, 6) is -0.604. The zero-order valence-corrected chi connectivity index (χ0v) is 13.2. The predicted molar refractivity (Wildman–Crippen MR) is 81.8 cm³/mol. The van der Waals surface area contributed by atoms with Crippen molar-refractivity contribution < 1.29 is 9.53 Å². The lowest BCUT2D eigenvalue weighted by Gasteiger charge is -2.23. The van der Waals surface area contributed by atoms with E-state index in [2.05, 4.69) is 5.32 Å². The van der Waals surface area contributed by atoms with Crippen molar-refractivity contribution in [3.8, 4) is 0 Å². The molecular weight excluding hydrogens is 297 g/mol. The van der Waals surface area contributed by atoms with Crippen molar-refractivity contribution in [2.45, 2.75) is 26.4 Å². The van der Waals surface area contributed by atoms with Gasteiger partial charge < -0.3 is 10.1 Å². The van der Waals surface area contributed by atoms with Gasteiger partial charge in [0.1, 0.15) is 11.5 Å². The van der Waals surface area contributed by atoms with Gasteiger partial charge in [0.2, 0.25) is 0 Å². The molecule has 0 fully saturated rings. The summed E-state index contributed by atoms with van der Waals surface area (Å²) in [7, 11) is 0. The Kier molecular flexibility index (Phi) is 4.31. The van der Waals surface area contributed by atoms with Crippen LogP contribution < -0.4 is 5.32 Å². The van der Waals surface area contributed by atoms with Gasteiger partial charge in [-0.25, -0.2) is 0 Å². The number of hydrogen-bond acceptors (Lipinski definition) is 3. The van der Waals surface area contributed by atoms with Crippen molar-refractivity contribution in [3.63, 3.8) is 0 Å². The van der Waals surface area contributed by atoms with Gasteiger partial charge in [-0.2, -0.15) is 0 Å². The van der Waals surface area contributed by atoms with E-state index in [0.717, 1.165) is 11.1 Å². The molecule has 1 aromatic rings. The first kappa shape index (κ1) is 15.2. The molecule has 108 valence electrons. The van der Waals surface area contributed by atoms with Crippen LogP contribution in [0.4, 0.5) is 0 Å². The highest BCUT2D eigenvalue weighted by atomic mass is 35.5. The zero-order valence-electron chi connectivity index (χ0n) is 11.7. The van der Waals surface area contributed by atoms with Crippen LogP contribution in [-0.4, -0.2) is 18.1 Å². The lowest BCUT2D eigenvalue weighted by atomic mass is 9.95. The summed E-state index contributed by atoms with van der Waals surface area (Å²) >= 11 is 12.1. The van der Waals surface area contributed by atoms with E-state index in [1.807, 2.05) is 33.0 Å². The minimum absolute atomic E-state index is 0.250. The van der Waals surface area contributed by atoms with E-state index in [4.69, 9.17) is 27.9 Å². The van der Waals surface area contributed by atoms with Crippen molar-refractivity contribution in [1.29, 1.82) is 0 Å². The van der Waals surface area contributed by atoms with Crippen LogP contribution in [0, 0.1) is 5.92 Å². The molecule has 0 aromatic heterocycles. The molecule has 1 aromatic carbocycles. The molecule has 1 N–H and O–H groups in total. The smallest absolute Gasteiger partial charge is 0.315 e. The van der Waals surface area contributed by atoms with E-state index < -0.39 is 5.60 Å². The highest BCUT2D eigenvalue weighted by Crippen LogP contribution is 2.34. The molecule has 1 aliphatic rings. The molecular formula is C15H17Cl2NO2. The summed E-state index contributed by atoms with van der Waals surface area (Å²) in [4.78, 5) is 12.3. The number of halogens is 2. The average molecular weight is 314 g/mol. The van der Waals surface area contributed by atoms with Gasteiger partial charge in [0.25, 0.3) is 0 Å². The Labute approximate surface area is 128 Å². The molecule has 5 heteroatoms. The van der Waals surface area contributed by atoms with Gasteiger partial charge in [0.15, 0.2) is 0 Å². The third kappa shape index (κ3) is 3.47. The fourth-order valence-corrected chi connectivity index (χ4v) is 2.59. The Balaban J connectivity index is 2.25. The Morgan fingerprint density at radius 1 is 1.35 bits per heavy atom. The van der Waals surface area contributed by atoms with Crippen molar-refractivity contribution in [2.75, 3.05) is 6.54 Å². The van der Waals surface area contributed by atoms with Gasteiger partial charge in [-0.15, -0.1) is 0 Å². The van der Waals surface area contributed by atoms with Gasteiger partial charge in [-0.3, -0.25) is 4.79 Å². The number of esters is 1. The third-order valence-electron chi connectivity index (χ3n) is 2.89. The third-order valence-corrected chi connectivity index (χ3v) is 3.44. The van der Waals surface area contributed by atoms with E-state index in [1.165, 1.54) is 0 Å². The fraction of sp³-hybridized carbons (Fsp3) is 0.400. The molecule has 0 saturated carbocycles. The topological polar surface area (TPSA) is 38.3 Å². The molecule has 2 rings (SSSR count). The zero-order chi connectivity index (χ0) is 14.9. The summed E-state index contributed by atoms with van der Waals surface area (Å²) in [6.45, 7) is 6.08. The minimum Gasteiger partial charge on any atom is -0.459 e. The number of benzene rings is 1. The lowest BCUT2D eigenvalue weighted by Crippen LogP contribution is -2.31. The SMILES string of the molecule is CC(C)(C)OC(=O)C1CNC=C1c1ccc(Cl)cc1Cl. The van der Waals surface area contributed by atoms with E-state index in [0.29, 0.717) is 16.6 Å². The summed E-state index contributed by atoms with van der Waals surface area (Å²) < 4.78 is 5.45. The standard InChI is InChI=1S/C15H17Cl2NO2/c1-15(2,3)20-14(19)12-8-18-7-11(12)10-5-4-9(16)6-13(10)17/h4-7,12,18H,8H2,1-3H3. The summed E-state index contributed by atoms with van der Waals surface area (Å²) in [6, 6.07) is 5.25. The minimum atomic E-state index is -0.505. The number of hydrogen-bond donors (Lipinski definition) is 1. The molecule has 0 aliphatic carbocycles. The van der Waals surface area contributed by atoms with Gasteiger partial charge in [-0.1, -0.05) is 29.3 Å². The van der Waals surface area contributed by atoms with Crippen LogP contribution in [0.1, 0.15) is 26.3 Å². The van der Waals surface area contributed by atoms with E-state index in [1.54, 1.807) is 12.1 Å². The van der Waals surface area contributed by atoms with Crippen LogP contribution in [0.2, 0.25) is 10.0 Å². The second-order valence-electron chi connectivity index (χ2n) is 5.72. The van der Waals surface area contributed by atoms with Crippen molar-refractivity contribution in [2.24, 2.45) is 5.92 Å². The first-order valence-corrected chi connectivity index (χ1v) is 7.15.